The van der Waals surface area contributed by atoms with Gasteiger partial charge in [0.25, 0.3) is 0 Å². The highest BCUT2D eigenvalue weighted by atomic mass is 32.2. The highest BCUT2D eigenvalue weighted by molar-refractivity contribution is 7.89. The molecule has 0 radical (unpaired) electrons. The van der Waals surface area contributed by atoms with Crippen LogP contribution in [0.4, 0.5) is 0 Å². The monoisotopic (exact) mass is 297 g/mol. The van der Waals surface area contributed by atoms with Crippen LogP contribution in [0.2, 0.25) is 0 Å². The van der Waals surface area contributed by atoms with Gasteiger partial charge in [-0.25, -0.2) is 8.42 Å². The van der Waals surface area contributed by atoms with Gasteiger partial charge in [-0.05, 0) is 18.4 Å². The Kier molecular flexibility index (Phi) is 5.19. The third-order valence-corrected chi connectivity index (χ3v) is 3.89. The highest BCUT2D eigenvalue weighted by Crippen LogP contribution is 2.12. The molecule has 0 amide bonds. The molecule has 2 N–H and O–H groups in total. The van der Waals surface area contributed by atoms with Gasteiger partial charge in [-0.15, -0.1) is 0 Å². The van der Waals surface area contributed by atoms with E-state index >= 15 is 0 Å². The molecule has 0 fully saturated rings. The normalized spacial score (nSPS) is 12.9. The van der Waals surface area contributed by atoms with Crippen LogP contribution in [0.5, 0.6) is 0 Å². The van der Waals surface area contributed by atoms with Crippen molar-refractivity contribution in [2.45, 2.75) is 31.2 Å². The van der Waals surface area contributed by atoms with Crippen LogP contribution in [0.15, 0.2) is 23.4 Å². The van der Waals surface area contributed by atoms with Crippen LogP contribution in [0.25, 0.3) is 0 Å². The first-order valence-corrected chi connectivity index (χ1v) is 7.35. The van der Waals surface area contributed by atoms with E-state index in [-0.39, 0.29) is 22.8 Å². The predicted molar refractivity (Wildman–Crippen MR) is 70.2 cm³/mol. The van der Waals surface area contributed by atoms with Crippen molar-refractivity contribution in [1.82, 2.24) is 9.71 Å². The molecule has 1 aromatic heterocycles. The maximum Gasteiger partial charge on any atom is 0.321 e. The number of nitrogens with zero attached hydrogens (tertiary/aromatic N) is 2. The summed E-state index contributed by atoms with van der Waals surface area (Å²) in [5, 5.41) is 17.8. The summed E-state index contributed by atoms with van der Waals surface area (Å²) >= 11 is 0. The summed E-state index contributed by atoms with van der Waals surface area (Å²) < 4.78 is 26.3. The van der Waals surface area contributed by atoms with Crippen LogP contribution in [0, 0.1) is 17.2 Å². The Hall–Kier alpha value is -1.98. The van der Waals surface area contributed by atoms with E-state index in [4.69, 9.17) is 10.4 Å². The number of pyridine rings is 1. The van der Waals surface area contributed by atoms with Crippen LogP contribution in [0.3, 0.4) is 0 Å². The van der Waals surface area contributed by atoms with Gasteiger partial charge < -0.3 is 5.11 Å². The molecule has 1 rings (SSSR count). The number of aromatic nitrogens is 1. The second-order valence-corrected chi connectivity index (χ2v) is 6.38. The average molecular weight is 297 g/mol. The van der Waals surface area contributed by atoms with Gasteiger partial charge in [-0.3, -0.25) is 9.78 Å². The van der Waals surface area contributed by atoms with Crippen molar-refractivity contribution in [2.24, 2.45) is 5.92 Å². The zero-order valence-electron chi connectivity index (χ0n) is 11.1. The van der Waals surface area contributed by atoms with E-state index in [0.29, 0.717) is 0 Å². The minimum Gasteiger partial charge on any atom is -0.480 e. The molecule has 0 aliphatic carbocycles. The topological polar surface area (TPSA) is 120 Å². The molecule has 0 saturated heterocycles. The first-order valence-electron chi connectivity index (χ1n) is 5.86. The Morgan fingerprint density at radius 3 is 2.65 bits per heavy atom. The van der Waals surface area contributed by atoms with Crippen molar-refractivity contribution in [1.29, 1.82) is 5.26 Å². The van der Waals surface area contributed by atoms with Crippen molar-refractivity contribution >= 4 is 16.0 Å². The number of hydrogen-bond donors (Lipinski definition) is 2. The van der Waals surface area contributed by atoms with Crippen molar-refractivity contribution in [3.8, 4) is 6.07 Å². The molecule has 0 aliphatic rings. The molecule has 1 heterocycles. The molecule has 0 bridgehead atoms. The van der Waals surface area contributed by atoms with Crippen LogP contribution in [-0.4, -0.2) is 30.5 Å². The maximum atomic E-state index is 12.1. The Morgan fingerprint density at radius 1 is 1.50 bits per heavy atom. The molecule has 0 aliphatic heterocycles. The van der Waals surface area contributed by atoms with Crippen molar-refractivity contribution in [3.05, 3.63) is 24.0 Å². The van der Waals surface area contributed by atoms with E-state index in [9.17, 15) is 13.2 Å². The fraction of sp³-hybridized carbons (Fsp3) is 0.417. The SMILES string of the molecule is CC(C)CC(NS(=O)(=O)c1cncc(C#N)c1)C(=O)O. The molecule has 0 spiro atoms. The number of aliphatic carboxylic acids is 1. The molecule has 8 heteroatoms. The number of hydrogen-bond acceptors (Lipinski definition) is 5. The number of sulfonamides is 1. The number of nitriles is 1. The summed E-state index contributed by atoms with van der Waals surface area (Å²) in [6.45, 7) is 3.59. The van der Waals surface area contributed by atoms with E-state index in [1.165, 1.54) is 6.20 Å². The van der Waals surface area contributed by atoms with Crippen LogP contribution >= 0.6 is 0 Å². The van der Waals surface area contributed by atoms with Gasteiger partial charge in [0, 0.05) is 12.4 Å². The number of nitrogens with one attached hydrogen (secondary N) is 1. The fourth-order valence-electron chi connectivity index (χ4n) is 1.55. The molecular weight excluding hydrogens is 282 g/mol. The van der Waals surface area contributed by atoms with E-state index in [1.54, 1.807) is 19.9 Å². The van der Waals surface area contributed by atoms with Crippen LogP contribution < -0.4 is 4.72 Å². The first kappa shape index (κ1) is 16.1. The second kappa shape index (κ2) is 6.45. The smallest absolute Gasteiger partial charge is 0.321 e. The Morgan fingerprint density at radius 2 is 2.15 bits per heavy atom. The lowest BCUT2D eigenvalue weighted by Gasteiger charge is -2.16. The Labute approximate surface area is 117 Å². The van der Waals surface area contributed by atoms with Crippen molar-refractivity contribution in [2.75, 3.05) is 0 Å². The van der Waals surface area contributed by atoms with Gasteiger partial charge in [0.1, 0.15) is 17.0 Å². The first-order chi connectivity index (χ1) is 9.26. The number of rotatable bonds is 6. The lowest BCUT2D eigenvalue weighted by molar-refractivity contribution is -0.139. The molecule has 20 heavy (non-hydrogen) atoms. The zero-order valence-corrected chi connectivity index (χ0v) is 11.9. The lowest BCUT2D eigenvalue weighted by atomic mass is 10.1. The third kappa shape index (κ3) is 4.29. The van der Waals surface area contributed by atoms with Crippen LogP contribution in [0.1, 0.15) is 25.8 Å². The Balaban J connectivity index is 3.03. The van der Waals surface area contributed by atoms with E-state index in [0.717, 1.165) is 12.3 Å². The van der Waals surface area contributed by atoms with E-state index < -0.39 is 22.0 Å². The standard InChI is InChI=1S/C12H15N3O4S/c1-8(2)3-11(12(16)17)15-20(18,19)10-4-9(5-13)6-14-7-10/h4,6-8,11,15H,3H2,1-2H3,(H,16,17). The summed E-state index contributed by atoms with van der Waals surface area (Å²) in [5.74, 6) is -1.23. The van der Waals surface area contributed by atoms with Gasteiger partial charge in [0.05, 0.1) is 5.56 Å². The molecule has 0 aromatic carbocycles. The Bertz CT molecular complexity index is 634. The predicted octanol–water partition coefficient (Wildman–Crippen LogP) is 0.731. The summed E-state index contributed by atoms with van der Waals surface area (Å²) in [6, 6.07) is 1.70. The second-order valence-electron chi connectivity index (χ2n) is 4.66. The largest absolute Gasteiger partial charge is 0.480 e. The van der Waals surface area contributed by atoms with E-state index in [2.05, 4.69) is 9.71 Å². The number of carboxylic acid groups (broad SMARTS) is 1. The van der Waals surface area contributed by atoms with Crippen molar-refractivity contribution in [3.63, 3.8) is 0 Å². The van der Waals surface area contributed by atoms with Gasteiger partial charge in [0.2, 0.25) is 10.0 Å². The molecular formula is C12H15N3O4S. The minimum absolute atomic E-state index is 0.0161. The minimum atomic E-state index is -4.03. The molecule has 108 valence electrons. The van der Waals surface area contributed by atoms with Gasteiger partial charge in [-0.2, -0.15) is 9.98 Å². The lowest BCUT2D eigenvalue weighted by Crippen LogP contribution is -2.41. The highest BCUT2D eigenvalue weighted by Gasteiger charge is 2.26. The molecule has 1 atom stereocenters. The summed E-state index contributed by atoms with van der Waals surface area (Å²) in [6.07, 6.45) is 2.46. The number of carbonyl (C=O) groups is 1. The zero-order chi connectivity index (χ0) is 15.3. The van der Waals surface area contributed by atoms with Gasteiger partial charge in [-0.1, -0.05) is 13.8 Å². The van der Waals surface area contributed by atoms with Crippen LogP contribution in [-0.2, 0) is 14.8 Å². The average Bonchev–Trinajstić information content (AvgIpc) is 2.37. The molecule has 1 unspecified atom stereocenters. The van der Waals surface area contributed by atoms with E-state index in [1.807, 2.05) is 0 Å². The van der Waals surface area contributed by atoms with Gasteiger partial charge in [0.15, 0.2) is 0 Å². The summed E-state index contributed by atoms with van der Waals surface area (Å²) in [4.78, 5) is 14.5. The molecule has 1 aromatic rings. The quantitative estimate of drug-likeness (QED) is 0.798. The fourth-order valence-corrected chi connectivity index (χ4v) is 2.74. The summed E-state index contributed by atoms with van der Waals surface area (Å²) in [7, 11) is -4.03. The summed E-state index contributed by atoms with van der Waals surface area (Å²) in [5.41, 5.74) is 0.0867. The third-order valence-electron chi connectivity index (χ3n) is 2.46. The van der Waals surface area contributed by atoms with Gasteiger partial charge >= 0.3 is 5.97 Å². The number of carboxylic acids is 1. The molecule has 0 saturated carbocycles. The van der Waals surface area contributed by atoms with Crippen molar-refractivity contribution < 1.29 is 18.3 Å². The maximum absolute atomic E-state index is 12.1. The molecule has 7 nitrogen and oxygen atoms in total.